The van der Waals surface area contributed by atoms with E-state index in [-0.39, 0.29) is 35.5 Å². The van der Waals surface area contributed by atoms with Crippen LogP contribution in [0.5, 0.6) is 0 Å². The van der Waals surface area contributed by atoms with E-state index in [1.54, 1.807) is 0 Å². The summed E-state index contributed by atoms with van der Waals surface area (Å²) in [4.78, 5) is 11.1. The third kappa shape index (κ3) is 10.7. The van der Waals surface area contributed by atoms with E-state index in [4.69, 9.17) is 0 Å². The Kier molecular flexibility index (Phi) is 8.12. The summed E-state index contributed by atoms with van der Waals surface area (Å²) in [7, 11) is -4.31. The van der Waals surface area contributed by atoms with Crippen molar-refractivity contribution in [2.45, 2.75) is 39.2 Å². The van der Waals surface area contributed by atoms with Gasteiger partial charge in [0.15, 0.2) is 0 Å². The standard InChI is InChI=1S/C8H17NO4S.Na/c1-4-5-7(10)9-8(2,3)6-14(11,12)13;/h4-6H2,1-3H3,(H,9,10)(H,11,12,13);/q;+1/p-1. The predicted molar refractivity (Wildman–Crippen MR) is 51.7 cm³/mol. The first-order valence-electron chi connectivity index (χ1n) is 4.41. The Morgan fingerprint density at radius 2 is 1.87 bits per heavy atom. The maximum atomic E-state index is 11.1. The van der Waals surface area contributed by atoms with Crippen molar-refractivity contribution in [1.29, 1.82) is 0 Å². The summed E-state index contributed by atoms with van der Waals surface area (Å²) >= 11 is 0. The molecular formula is C8H16NNaO4S. The molecule has 1 amide bonds. The molecule has 0 aliphatic carbocycles. The average molecular weight is 245 g/mol. The van der Waals surface area contributed by atoms with Crippen LogP contribution in [-0.4, -0.2) is 30.2 Å². The van der Waals surface area contributed by atoms with Crippen molar-refractivity contribution in [1.82, 2.24) is 5.32 Å². The van der Waals surface area contributed by atoms with E-state index in [1.165, 1.54) is 13.8 Å². The topological polar surface area (TPSA) is 86.3 Å². The van der Waals surface area contributed by atoms with E-state index in [9.17, 15) is 17.8 Å². The van der Waals surface area contributed by atoms with Gasteiger partial charge >= 0.3 is 29.6 Å². The van der Waals surface area contributed by atoms with Gasteiger partial charge in [-0.1, -0.05) is 6.92 Å². The zero-order valence-electron chi connectivity index (χ0n) is 9.66. The Balaban J connectivity index is 0. The molecule has 0 radical (unpaired) electrons. The van der Waals surface area contributed by atoms with Gasteiger partial charge in [-0.2, -0.15) is 0 Å². The first kappa shape index (κ1) is 17.8. The van der Waals surface area contributed by atoms with Crippen molar-refractivity contribution < 1.29 is 47.3 Å². The molecule has 0 aromatic carbocycles. The second-order valence-corrected chi connectivity index (χ2v) is 5.29. The summed E-state index contributed by atoms with van der Waals surface area (Å²) in [5.74, 6) is -0.823. The first-order valence-corrected chi connectivity index (χ1v) is 5.98. The molecule has 5 nitrogen and oxygen atoms in total. The van der Waals surface area contributed by atoms with Gasteiger partial charge in [-0.15, -0.1) is 0 Å². The van der Waals surface area contributed by atoms with Crippen LogP contribution in [0.3, 0.4) is 0 Å². The fourth-order valence-electron chi connectivity index (χ4n) is 1.15. The Bertz CT molecular complexity index is 300. The van der Waals surface area contributed by atoms with Gasteiger partial charge in [-0.3, -0.25) is 4.79 Å². The van der Waals surface area contributed by atoms with Crippen molar-refractivity contribution in [3.63, 3.8) is 0 Å². The molecule has 84 valence electrons. The van der Waals surface area contributed by atoms with Gasteiger partial charge in [0, 0.05) is 12.0 Å². The van der Waals surface area contributed by atoms with Crippen LogP contribution >= 0.6 is 0 Å². The molecule has 0 unspecified atom stereocenters. The molecule has 0 saturated carbocycles. The van der Waals surface area contributed by atoms with E-state index >= 15 is 0 Å². The summed E-state index contributed by atoms with van der Waals surface area (Å²) in [6.45, 7) is 4.86. The van der Waals surface area contributed by atoms with Crippen LogP contribution in [0, 0.1) is 0 Å². The fourth-order valence-corrected chi connectivity index (χ4v) is 2.10. The Labute approximate surface area is 113 Å². The van der Waals surface area contributed by atoms with E-state index in [2.05, 4.69) is 5.32 Å². The minimum Gasteiger partial charge on any atom is -0.748 e. The largest absolute Gasteiger partial charge is 1.00 e. The molecule has 0 aromatic rings. The Morgan fingerprint density at radius 3 is 2.20 bits per heavy atom. The molecule has 15 heavy (non-hydrogen) atoms. The molecule has 0 spiro atoms. The fraction of sp³-hybridized carbons (Fsp3) is 0.875. The molecule has 0 bridgehead atoms. The van der Waals surface area contributed by atoms with E-state index in [1.807, 2.05) is 6.92 Å². The molecule has 0 aliphatic heterocycles. The summed E-state index contributed by atoms with van der Waals surface area (Å²) in [5, 5.41) is 2.50. The maximum Gasteiger partial charge on any atom is 1.00 e. The van der Waals surface area contributed by atoms with Crippen molar-refractivity contribution in [2.24, 2.45) is 0 Å². The minimum absolute atomic E-state index is 0. The number of hydrogen-bond acceptors (Lipinski definition) is 4. The van der Waals surface area contributed by atoms with Gasteiger partial charge in [0.1, 0.15) is 0 Å². The number of nitrogens with one attached hydrogen (secondary N) is 1. The monoisotopic (exact) mass is 245 g/mol. The smallest absolute Gasteiger partial charge is 0.748 e. The molecule has 0 atom stereocenters. The predicted octanol–water partition coefficient (Wildman–Crippen LogP) is -2.77. The minimum atomic E-state index is -4.31. The third-order valence-electron chi connectivity index (χ3n) is 1.49. The second-order valence-electron chi connectivity index (χ2n) is 3.88. The molecule has 0 saturated heterocycles. The van der Waals surface area contributed by atoms with Crippen molar-refractivity contribution in [3.05, 3.63) is 0 Å². The van der Waals surface area contributed by atoms with E-state index in [0.717, 1.165) is 0 Å². The number of carbonyl (C=O) groups is 1. The van der Waals surface area contributed by atoms with Crippen LogP contribution in [0.2, 0.25) is 0 Å². The van der Waals surface area contributed by atoms with Crippen LogP contribution in [0.25, 0.3) is 0 Å². The summed E-state index contributed by atoms with van der Waals surface area (Å²) in [6.07, 6.45) is 1.02. The van der Waals surface area contributed by atoms with Crippen LogP contribution in [-0.2, 0) is 14.9 Å². The van der Waals surface area contributed by atoms with Gasteiger partial charge in [0.05, 0.1) is 15.9 Å². The number of hydrogen-bond donors (Lipinski definition) is 1. The molecule has 0 aromatic heterocycles. The van der Waals surface area contributed by atoms with Gasteiger partial charge in [0.2, 0.25) is 5.91 Å². The first-order chi connectivity index (χ1) is 6.16. The number of rotatable bonds is 5. The molecule has 0 heterocycles. The van der Waals surface area contributed by atoms with Gasteiger partial charge in [0.25, 0.3) is 0 Å². The molecule has 7 heteroatoms. The summed E-state index contributed by atoms with van der Waals surface area (Å²) in [5.41, 5.74) is -0.993. The molecule has 0 rings (SSSR count). The summed E-state index contributed by atoms with van der Waals surface area (Å²) in [6, 6.07) is 0. The Hall–Kier alpha value is 0.380. The van der Waals surface area contributed by atoms with Crippen molar-refractivity contribution in [2.75, 3.05) is 5.75 Å². The van der Waals surface area contributed by atoms with Crippen LogP contribution in [0.1, 0.15) is 33.6 Å². The molecule has 0 aliphatic rings. The zero-order valence-corrected chi connectivity index (χ0v) is 12.5. The van der Waals surface area contributed by atoms with Crippen molar-refractivity contribution >= 4 is 16.0 Å². The molecule has 1 N–H and O–H groups in total. The van der Waals surface area contributed by atoms with Gasteiger partial charge in [-0.05, 0) is 20.3 Å². The van der Waals surface area contributed by atoms with E-state index < -0.39 is 21.4 Å². The van der Waals surface area contributed by atoms with Crippen LogP contribution < -0.4 is 34.9 Å². The van der Waals surface area contributed by atoms with Crippen LogP contribution in [0.15, 0.2) is 0 Å². The van der Waals surface area contributed by atoms with E-state index in [0.29, 0.717) is 12.8 Å². The second kappa shape index (κ2) is 6.85. The molecule has 0 fully saturated rings. The van der Waals surface area contributed by atoms with Crippen LogP contribution in [0.4, 0.5) is 0 Å². The normalized spacial score (nSPS) is 11.7. The van der Waals surface area contributed by atoms with Gasteiger partial charge < -0.3 is 9.87 Å². The molecular weight excluding hydrogens is 229 g/mol. The van der Waals surface area contributed by atoms with Crippen molar-refractivity contribution in [3.8, 4) is 0 Å². The summed E-state index contributed by atoms with van der Waals surface area (Å²) < 4.78 is 31.4. The zero-order chi connectivity index (χ0) is 11.4. The Morgan fingerprint density at radius 1 is 1.40 bits per heavy atom. The third-order valence-corrected chi connectivity index (χ3v) is 2.57. The maximum absolute atomic E-state index is 11.1. The number of amides is 1. The van der Waals surface area contributed by atoms with Gasteiger partial charge in [-0.25, -0.2) is 8.42 Å². The SMILES string of the molecule is CCCC(=O)NC(C)(C)CS(=O)(=O)[O-].[Na+]. The number of carbonyl (C=O) groups excluding carboxylic acids is 1. The average Bonchev–Trinajstić information content (AvgIpc) is 1.78. The quantitative estimate of drug-likeness (QED) is 0.419.